The largest absolute Gasteiger partial charge is 0.492 e. The number of nitrogens with one attached hydrogen (secondary N) is 1. The average Bonchev–Trinajstić information content (AvgIpc) is 3.34. The summed E-state index contributed by atoms with van der Waals surface area (Å²) in [4.78, 5) is 11.4. The Morgan fingerprint density at radius 2 is 1.94 bits per heavy atom. The molecular weight excluding hydrogens is 409 g/mol. The first-order valence-corrected chi connectivity index (χ1v) is 10.4. The van der Waals surface area contributed by atoms with E-state index in [0.717, 1.165) is 29.6 Å². The van der Waals surface area contributed by atoms with E-state index >= 15 is 0 Å². The number of halogens is 1. The number of aromatic nitrogens is 5. The predicted octanol–water partition coefficient (Wildman–Crippen LogP) is 5.17. The van der Waals surface area contributed by atoms with Gasteiger partial charge in [0, 0.05) is 34.6 Å². The van der Waals surface area contributed by atoms with Crippen LogP contribution in [-0.4, -0.2) is 31.2 Å². The summed E-state index contributed by atoms with van der Waals surface area (Å²) >= 11 is 0. The summed E-state index contributed by atoms with van der Waals surface area (Å²) in [7, 11) is 0. The molecule has 1 N–H and O–H groups in total. The molecule has 7 nitrogen and oxygen atoms in total. The summed E-state index contributed by atoms with van der Waals surface area (Å²) in [5.41, 5.74) is 4.31. The molecule has 0 aliphatic rings. The fourth-order valence-electron chi connectivity index (χ4n) is 3.80. The molecule has 0 atom stereocenters. The zero-order chi connectivity index (χ0) is 22.1. The number of pyridine rings is 1. The summed E-state index contributed by atoms with van der Waals surface area (Å²) in [6, 6.07) is 9.15. The van der Waals surface area contributed by atoms with Gasteiger partial charge in [0.25, 0.3) is 0 Å². The maximum atomic E-state index is 15.0. The minimum absolute atomic E-state index is 0.109. The van der Waals surface area contributed by atoms with Crippen molar-refractivity contribution < 1.29 is 13.9 Å². The second-order valence-corrected chi connectivity index (χ2v) is 7.68. The SMILES string of the molecule is Cc1cc2c(F)c(Oc3ncnn4cc(OCCCc5ccncc5)c(C)c34)ccc2[nH]1. The maximum Gasteiger partial charge on any atom is 0.247 e. The van der Waals surface area contributed by atoms with Crippen LogP contribution < -0.4 is 9.47 Å². The Morgan fingerprint density at radius 3 is 2.78 bits per heavy atom. The van der Waals surface area contributed by atoms with Crippen molar-refractivity contribution in [3.8, 4) is 17.4 Å². The second-order valence-electron chi connectivity index (χ2n) is 7.68. The van der Waals surface area contributed by atoms with E-state index in [9.17, 15) is 4.39 Å². The van der Waals surface area contributed by atoms with Crippen molar-refractivity contribution in [2.24, 2.45) is 0 Å². The minimum Gasteiger partial charge on any atom is -0.492 e. The molecule has 0 fully saturated rings. The topological polar surface area (TPSA) is 77.3 Å². The number of H-pyrrole nitrogens is 1. The Labute approximate surface area is 183 Å². The van der Waals surface area contributed by atoms with Crippen LogP contribution in [0.1, 0.15) is 23.2 Å². The van der Waals surface area contributed by atoms with Gasteiger partial charge in [0.2, 0.25) is 5.88 Å². The summed E-state index contributed by atoms with van der Waals surface area (Å²) in [5.74, 6) is 0.648. The highest BCUT2D eigenvalue weighted by Crippen LogP contribution is 2.34. The highest BCUT2D eigenvalue weighted by atomic mass is 19.1. The third-order valence-electron chi connectivity index (χ3n) is 5.41. The first-order valence-electron chi connectivity index (χ1n) is 10.4. The molecule has 0 amide bonds. The molecule has 5 rings (SSSR count). The molecule has 0 saturated heterocycles. The molecule has 1 aromatic carbocycles. The van der Waals surface area contributed by atoms with Gasteiger partial charge in [-0.05, 0) is 62.6 Å². The number of nitrogens with zero attached hydrogens (tertiary/aromatic N) is 4. The van der Waals surface area contributed by atoms with Gasteiger partial charge in [-0.3, -0.25) is 4.98 Å². The van der Waals surface area contributed by atoms with Gasteiger partial charge in [0.05, 0.1) is 12.8 Å². The molecule has 8 heteroatoms. The molecule has 32 heavy (non-hydrogen) atoms. The Balaban J connectivity index is 1.37. The number of hydrogen-bond acceptors (Lipinski definition) is 5. The molecule has 0 unspecified atom stereocenters. The van der Waals surface area contributed by atoms with Crippen LogP contribution in [0.2, 0.25) is 0 Å². The smallest absolute Gasteiger partial charge is 0.247 e. The lowest BCUT2D eigenvalue weighted by Gasteiger charge is -2.08. The number of fused-ring (bicyclic) bond motifs is 2. The number of hydrogen-bond donors (Lipinski definition) is 1. The first-order chi connectivity index (χ1) is 15.6. The monoisotopic (exact) mass is 431 g/mol. The van der Waals surface area contributed by atoms with E-state index < -0.39 is 5.82 Å². The van der Waals surface area contributed by atoms with Crippen LogP contribution in [0.5, 0.6) is 17.4 Å². The van der Waals surface area contributed by atoms with E-state index in [1.165, 1.54) is 11.9 Å². The van der Waals surface area contributed by atoms with Crippen molar-refractivity contribution in [1.29, 1.82) is 0 Å². The van der Waals surface area contributed by atoms with Gasteiger partial charge in [-0.1, -0.05) is 0 Å². The summed E-state index contributed by atoms with van der Waals surface area (Å²) < 4.78 is 28.5. The van der Waals surface area contributed by atoms with Crippen molar-refractivity contribution >= 4 is 16.4 Å². The van der Waals surface area contributed by atoms with Gasteiger partial charge in [0.1, 0.15) is 17.6 Å². The summed E-state index contributed by atoms with van der Waals surface area (Å²) in [6.45, 7) is 4.36. The molecule has 0 aliphatic carbocycles. The highest BCUT2D eigenvalue weighted by molar-refractivity contribution is 5.83. The van der Waals surface area contributed by atoms with Gasteiger partial charge < -0.3 is 14.5 Å². The zero-order valence-corrected chi connectivity index (χ0v) is 17.8. The van der Waals surface area contributed by atoms with Crippen LogP contribution in [-0.2, 0) is 6.42 Å². The zero-order valence-electron chi connectivity index (χ0n) is 17.8. The predicted molar refractivity (Wildman–Crippen MR) is 119 cm³/mol. The Hall–Kier alpha value is -3.94. The molecule has 0 saturated carbocycles. The number of aryl methyl sites for hydroxylation is 3. The van der Waals surface area contributed by atoms with Crippen molar-refractivity contribution in [3.05, 3.63) is 77.9 Å². The lowest BCUT2D eigenvalue weighted by atomic mass is 10.1. The molecule has 162 valence electrons. The molecular formula is C24H22FN5O2. The third kappa shape index (κ3) is 3.75. The van der Waals surface area contributed by atoms with E-state index in [1.807, 2.05) is 26.0 Å². The van der Waals surface area contributed by atoms with Gasteiger partial charge in [-0.25, -0.2) is 8.91 Å². The van der Waals surface area contributed by atoms with Crippen molar-refractivity contribution in [3.63, 3.8) is 0 Å². The number of rotatable bonds is 7. The molecule has 4 heterocycles. The molecule has 4 aromatic heterocycles. The van der Waals surface area contributed by atoms with Gasteiger partial charge >= 0.3 is 0 Å². The van der Waals surface area contributed by atoms with Crippen molar-refractivity contribution in [2.75, 3.05) is 6.61 Å². The van der Waals surface area contributed by atoms with E-state index in [-0.39, 0.29) is 11.6 Å². The van der Waals surface area contributed by atoms with Crippen LogP contribution >= 0.6 is 0 Å². The van der Waals surface area contributed by atoms with E-state index in [1.54, 1.807) is 41.3 Å². The standard InChI is InChI=1S/C24H22FN5O2/c1-15-12-18-19(29-15)5-6-20(22(18)25)32-24-23-16(2)21(13-30(23)28-14-27-24)31-11-3-4-17-7-9-26-10-8-17/h5-10,12-14,29H,3-4,11H2,1-2H3. The summed E-state index contributed by atoms with van der Waals surface area (Å²) in [6.07, 6.45) is 8.53. The molecule has 0 radical (unpaired) electrons. The Kier molecular flexibility index (Phi) is 5.18. The third-order valence-corrected chi connectivity index (χ3v) is 5.41. The Morgan fingerprint density at radius 1 is 1.09 bits per heavy atom. The van der Waals surface area contributed by atoms with Gasteiger partial charge in [-0.2, -0.15) is 10.1 Å². The first kappa shape index (κ1) is 20.0. The van der Waals surface area contributed by atoms with Crippen LogP contribution in [0.15, 0.2) is 55.2 Å². The summed E-state index contributed by atoms with van der Waals surface area (Å²) in [5, 5.41) is 4.74. The van der Waals surface area contributed by atoms with E-state index in [2.05, 4.69) is 20.1 Å². The lowest BCUT2D eigenvalue weighted by Crippen LogP contribution is -1.99. The van der Waals surface area contributed by atoms with Crippen LogP contribution in [0.3, 0.4) is 0 Å². The quantitative estimate of drug-likeness (QED) is 0.360. The van der Waals surface area contributed by atoms with Crippen LogP contribution in [0.4, 0.5) is 4.39 Å². The molecule has 0 aliphatic heterocycles. The normalized spacial score (nSPS) is 11.3. The van der Waals surface area contributed by atoms with E-state index in [4.69, 9.17) is 9.47 Å². The Bertz CT molecular complexity index is 1390. The lowest BCUT2D eigenvalue weighted by molar-refractivity contribution is 0.309. The molecule has 5 aromatic rings. The minimum atomic E-state index is -0.430. The van der Waals surface area contributed by atoms with E-state index in [0.29, 0.717) is 23.3 Å². The van der Waals surface area contributed by atoms with Gasteiger partial charge in [-0.15, -0.1) is 0 Å². The van der Waals surface area contributed by atoms with Crippen molar-refractivity contribution in [2.45, 2.75) is 26.7 Å². The number of ether oxygens (including phenoxy) is 2. The molecule has 0 spiro atoms. The molecule has 0 bridgehead atoms. The van der Waals surface area contributed by atoms with Crippen LogP contribution in [0.25, 0.3) is 16.4 Å². The number of aromatic amines is 1. The van der Waals surface area contributed by atoms with Gasteiger partial charge in [0.15, 0.2) is 11.6 Å². The maximum absolute atomic E-state index is 15.0. The van der Waals surface area contributed by atoms with Crippen molar-refractivity contribution in [1.82, 2.24) is 24.6 Å². The number of benzene rings is 1. The average molecular weight is 431 g/mol. The fraction of sp³-hybridized carbons (Fsp3) is 0.208. The second kappa shape index (κ2) is 8.30. The van der Waals surface area contributed by atoms with Crippen LogP contribution in [0, 0.1) is 19.7 Å². The fourth-order valence-corrected chi connectivity index (χ4v) is 3.80. The highest BCUT2D eigenvalue weighted by Gasteiger charge is 2.18.